The summed E-state index contributed by atoms with van der Waals surface area (Å²) in [6.45, 7) is 1.11. The van der Waals surface area contributed by atoms with Gasteiger partial charge in [0.25, 0.3) is 0 Å². The van der Waals surface area contributed by atoms with Crippen molar-refractivity contribution in [2.24, 2.45) is 7.05 Å². The number of hydrogen-bond donors (Lipinski definition) is 0. The van der Waals surface area contributed by atoms with Crippen LogP contribution in [0.1, 0.15) is 51.4 Å². The van der Waals surface area contributed by atoms with E-state index in [1.807, 2.05) is 0 Å². The molecule has 2 aromatic heterocycles. The first-order chi connectivity index (χ1) is 20.8. The Bertz CT molecular complexity index is 1370. The average molecular weight is 954 g/mol. The standard InChI is InChI=1S/C39H46N2P.3HI/c1-40-30-25-35(26-31-40)36-27-32-41(33-28-36)29-17-6-4-2-3-5-7-18-34-42(37-19-11-8-12-20-37,38-21-13-9-14-22-38)39-23-15-10-16-24-39;;;/h8-16,19-28,30-33H,2-7,17-18,29,34H2,1H3;3*1H/q+3;;;/p-3. The van der Waals surface area contributed by atoms with Gasteiger partial charge < -0.3 is 71.9 Å². The van der Waals surface area contributed by atoms with E-state index in [2.05, 4.69) is 156 Å². The molecule has 0 bridgehead atoms. The Labute approximate surface area is 323 Å². The van der Waals surface area contributed by atoms with Crippen molar-refractivity contribution in [3.8, 4) is 11.1 Å². The summed E-state index contributed by atoms with van der Waals surface area (Å²) in [4.78, 5) is 0. The first-order valence-corrected chi connectivity index (χ1v) is 17.7. The highest BCUT2D eigenvalue weighted by atomic mass is 127. The SMILES string of the molecule is C[n+]1ccc(-c2cc[n+](CCCCCCCCCC[P+](c3ccccc3)(c3ccccc3)c3ccccc3)cc2)cc1.[I-].[I-].[I-]. The summed E-state index contributed by atoms with van der Waals surface area (Å²) in [5.74, 6) is 0. The quantitative estimate of drug-likeness (QED) is 0.0529. The zero-order chi connectivity index (χ0) is 28.9. The number of aromatic nitrogens is 2. The molecule has 5 rings (SSSR count). The van der Waals surface area contributed by atoms with E-state index in [1.54, 1.807) is 0 Å². The Morgan fingerprint density at radius 3 is 1.20 bits per heavy atom. The van der Waals surface area contributed by atoms with Gasteiger partial charge in [-0.15, -0.1) is 0 Å². The first-order valence-electron chi connectivity index (χ1n) is 15.8. The van der Waals surface area contributed by atoms with Crippen molar-refractivity contribution in [2.45, 2.75) is 57.9 Å². The lowest BCUT2D eigenvalue weighted by atomic mass is 10.1. The summed E-state index contributed by atoms with van der Waals surface area (Å²) in [7, 11) is 0.376. The first kappa shape index (κ1) is 39.8. The maximum Gasteiger partial charge on any atom is 0.169 e. The van der Waals surface area contributed by atoms with E-state index >= 15 is 0 Å². The molecule has 0 fully saturated rings. The van der Waals surface area contributed by atoms with Crippen LogP contribution in [0.15, 0.2) is 140 Å². The molecule has 0 saturated carbocycles. The Morgan fingerprint density at radius 1 is 0.422 bits per heavy atom. The fourth-order valence-corrected chi connectivity index (χ4v) is 10.5. The summed E-state index contributed by atoms with van der Waals surface area (Å²) in [6, 6.07) is 42.7. The molecule has 0 saturated heterocycles. The van der Waals surface area contributed by atoms with E-state index in [4.69, 9.17) is 0 Å². The normalized spacial score (nSPS) is 10.7. The number of nitrogens with zero attached hydrogens (tertiary/aromatic N) is 2. The molecule has 0 amide bonds. The van der Waals surface area contributed by atoms with Crippen LogP contribution in [0.25, 0.3) is 11.1 Å². The second kappa shape index (κ2) is 21.5. The highest BCUT2D eigenvalue weighted by Crippen LogP contribution is 2.56. The highest BCUT2D eigenvalue weighted by molar-refractivity contribution is 7.95. The van der Waals surface area contributed by atoms with Crippen molar-refractivity contribution in [3.63, 3.8) is 0 Å². The minimum Gasteiger partial charge on any atom is -1.00 e. The molecule has 0 aliphatic carbocycles. The maximum absolute atomic E-state index is 2.36. The van der Waals surface area contributed by atoms with Gasteiger partial charge in [0.1, 0.15) is 36.8 Å². The van der Waals surface area contributed by atoms with Gasteiger partial charge in [0.05, 0.1) is 6.16 Å². The van der Waals surface area contributed by atoms with Gasteiger partial charge in [-0.2, -0.15) is 0 Å². The van der Waals surface area contributed by atoms with Crippen LogP contribution >= 0.6 is 7.26 Å². The van der Waals surface area contributed by atoms with Crippen molar-refractivity contribution in [1.29, 1.82) is 0 Å². The van der Waals surface area contributed by atoms with Crippen molar-refractivity contribution >= 4 is 23.2 Å². The molecule has 0 radical (unpaired) electrons. The summed E-state index contributed by atoms with van der Waals surface area (Å²) in [5, 5.41) is 4.51. The fourth-order valence-electron chi connectivity index (χ4n) is 6.08. The van der Waals surface area contributed by atoms with Crippen molar-refractivity contribution in [3.05, 3.63) is 140 Å². The van der Waals surface area contributed by atoms with E-state index < -0.39 is 7.26 Å². The molecular weight excluding hydrogens is 908 g/mol. The molecule has 0 aliphatic rings. The number of pyridine rings is 2. The van der Waals surface area contributed by atoms with Crippen LogP contribution in [-0.2, 0) is 13.6 Å². The number of benzene rings is 3. The van der Waals surface area contributed by atoms with Gasteiger partial charge in [-0.25, -0.2) is 9.13 Å². The maximum atomic E-state index is 2.36. The van der Waals surface area contributed by atoms with Gasteiger partial charge in [0, 0.05) is 30.7 Å². The van der Waals surface area contributed by atoms with Crippen LogP contribution in [0.4, 0.5) is 0 Å². The van der Waals surface area contributed by atoms with Crippen LogP contribution in [0.3, 0.4) is 0 Å². The Kier molecular flexibility index (Phi) is 19.0. The van der Waals surface area contributed by atoms with Gasteiger partial charge in [-0.1, -0.05) is 80.3 Å². The van der Waals surface area contributed by atoms with Crippen LogP contribution < -0.4 is 97.0 Å². The van der Waals surface area contributed by atoms with E-state index in [-0.39, 0.29) is 71.9 Å². The molecule has 2 nitrogen and oxygen atoms in total. The predicted molar refractivity (Wildman–Crippen MR) is 180 cm³/mol. The summed E-state index contributed by atoms with van der Waals surface area (Å²) < 4.78 is 4.40. The second-order valence-corrected chi connectivity index (χ2v) is 15.1. The van der Waals surface area contributed by atoms with E-state index in [0.717, 1.165) is 6.54 Å². The monoisotopic (exact) mass is 954 g/mol. The third-order valence-electron chi connectivity index (χ3n) is 8.45. The number of aryl methyl sites for hydroxylation is 2. The Hall–Kier alpha value is -1.42. The summed E-state index contributed by atoms with van der Waals surface area (Å²) in [6.07, 6.45) is 20.4. The minimum atomic E-state index is -1.68. The van der Waals surface area contributed by atoms with Crippen LogP contribution in [0.2, 0.25) is 0 Å². The molecule has 2 heterocycles. The van der Waals surface area contributed by atoms with Crippen LogP contribution in [-0.4, -0.2) is 6.16 Å². The molecule has 0 aliphatic heterocycles. The largest absolute Gasteiger partial charge is 1.00 e. The number of rotatable bonds is 15. The van der Waals surface area contributed by atoms with Crippen LogP contribution in [0.5, 0.6) is 0 Å². The Morgan fingerprint density at radius 2 is 0.778 bits per heavy atom. The highest BCUT2D eigenvalue weighted by Gasteiger charge is 2.44. The smallest absolute Gasteiger partial charge is 0.169 e. The van der Waals surface area contributed by atoms with Gasteiger partial charge >= 0.3 is 0 Å². The van der Waals surface area contributed by atoms with Gasteiger partial charge in [-0.3, -0.25) is 0 Å². The molecule has 6 heteroatoms. The zero-order valence-electron chi connectivity index (χ0n) is 26.3. The third-order valence-corrected chi connectivity index (χ3v) is 13.0. The predicted octanol–water partition coefficient (Wildman–Crippen LogP) is -1.41. The van der Waals surface area contributed by atoms with E-state index in [1.165, 1.54) is 84.6 Å². The molecule has 0 N–H and O–H groups in total. The lowest BCUT2D eigenvalue weighted by Gasteiger charge is -2.27. The molecule has 45 heavy (non-hydrogen) atoms. The minimum absolute atomic E-state index is 0. The molecule has 3 aromatic carbocycles. The number of halogens is 3. The molecular formula is C39H46I3N2P. The van der Waals surface area contributed by atoms with E-state index in [0.29, 0.717) is 0 Å². The summed E-state index contributed by atoms with van der Waals surface area (Å²) >= 11 is 0. The van der Waals surface area contributed by atoms with Crippen molar-refractivity contribution < 1.29 is 81.1 Å². The van der Waals surface area contributed by atoms with Crippen LogP contribution in [0, 0.1) is 0 Å². The molecule has 5 aromatic rings. The zero-order valence-corrected chi connectivity index (χ0v) is 33.7. The van der Waals surface area contributed by atoms with Gasteiger partial charge in [0.15, 0.2) is 24.8 Å². The molecule has 0 atom stereocenters. The summed E-state index contributed by atoms with van der Waals surface area (Å²) in [5.41, 5.74) is 2.55. The topological polar surface area (TPSA) is 7.76 Å². The lowest BCUT2D eigenvalue weighted by Crippen LogP contribution is -3.00. The molecule has 238 valence electrons. The van der Waals surface area contributed by atoms with Crippen molar-refractivity contribution in [1.82, 2.24) is 0 Å². The Balaban J connectivity index is 0.00000235. The van der Waals surface area contributed by atoms with Gasteiger partial charge in [-0.05, 0) is 66.8 Å². The number of unbranched alkanes of at least 4 members (excludes halogenated alkanes) is 7. The van der Waals surface area contributed by atoms with Crippen molar-refractivity contribution in [2.75, 3.05) is 6.16 Å². The second-order valence-electron chi connectivity index (χ2n) is 11.4. The number of hydrogen-bond acceptors (Lipinski definition) is 0. The third kappa shape index (κ3) is 11.4. The van der Waals surface area contributed by atoms with Gasteiger partial charge in [0.2, 0.25) is 0 Å². The average Bonchev–Trinajstić information content (AvgIpc) is 3.06. The fraction of sp³-hybridized carbons (Fsp3) is 0.282. The molecule has 0 spiro atoms. The molecule has 0 unspecified atom stereocenters. The van der Waals surface area contributed by atoms with E-state index in [9.17, 15) is 0 Å². The lowest BCUT2D eigenvalue weighted by molar-refractivity contribution is -0.697.